The van der Waals surface area contributed by atoms with E-state index in [0.717, 1.165) is 18.8 Å². The Morgan fingerprint density at radius 1 is 1.15 bits per heavy atom. The number of rotatable bonds is 2. The monoisotopic (exact) mass is 273 g/mol. The van der Waals surface area contributed by atoms with Crippen LogP contribution in [-0.2, 0) is 11.8 Å². The SMILES string of the molecule is CC1CCC(N)(Cc2ccc(C(C)(C)C)cc2)C(C)C1. The van der Waals surface area contributed by atoms with Gasteiger partial charge >= 0.3 is 0 Å². The van der Waals surface area contributed by atoms with Gasteiger partial charge in [-0.15, -0.1) is 0 Å². The van der Waals surface area contributed by atoms with Gasteiger partial charge in [-0.2, -0.15) is 0 Å². The lowest BCUT2D eigenvalue weighted by Gasteiger charge is -2.42. The van der Waals surface area contributed by atoms with E-state index in [1.807, 2.05) is 0 Å². The minimum atomic E-state index is -0.00421. The van der Waals surface area contributed by atoms with Gasteiger partial charge in [0.15, 0.2) is 0 Å². The molecular weight excluding hydrogens is 242 g/mol. The summed E-state index contributed by atoms with van der Waals surface area (Å²) in [7, 11) is 0. The second-order valence-corrected chi connectivity index (χ2v) is 8.14. The van der Waals surface area contributed by atoms with E-state index in [1.165, 1.54) is 24.0 Å². The molecule has 1 aliphatic carbocycles. The topological polar surface area (TPSA) is 26.0 Å². The maximum Gasteiger partial charge on any atom is 0.0221 e. The second-order valence-electron chi connectivity index (χ2n) is 8.14. The van der Waals surface area contributed by atoms with Crippen LogP contribution in [0.3, 0.4) is 0 Å². The van der Waals surface area contributed by atoms with E-state index in [-0.39, 0.29) is 11.0 Å². The minimum absolute atomic E-state index is 0.00421. The highest BCUT2D eigenvalue weighted by atomic mass is 14.8. The van der Waals surface area contributed by atoms with Gasteiger partial charge in [0.05, 0.1) is 0 Å². The average Bonchev–Trinajstić information content (AvgIpc) is 2.34. The van der Waals surface area contributed by atoms with Crippen molar-refractivity contribution in [3.8, 4) is 0 Å². The van der Waals surface area contributed by atoms with Gasteiger partial charge in [-0.25, -0.2) is 0 Å². The van der Waals surface area contributed by atoms with E-state index in [4.69, 9.17) is 5.73 Å². The first-order valence-corrected chi connectivity index (χ1v) is 8.09. The van der Waals surface area contributed by atoms with Gasteiger partial charge in [-0.05, 0) is 54.1 Å². The van der Waals surface area contributed by atoms with Crippen molar-refractivity contribution in [1.82, 2.24) is 0 Å². The summed E-state index contributed by atoms with van der Waals surface area (Å²) in [6.45, 7) is 11.5. The zero-order valence-electron chi connectivity index (χ0n) is 13.9. The number of hydrogen-bond acceptors (Lipinski definition) is 1. The first-order valence-electron chi connectivity index (χ1n) is 8.09. The Morgan fingerprint density at radius 3 is 2.25 bits per heavy atom. The van der Waals surface area contributed by atoms with Crippen molar-refractivity contribution in [2.45, 2.75) is 71.3 Å². The average molecular weight is 273 g/mol. The Morgan fingerprint density at radius 2 is 1.75 bits per heavy atom. The summed E-state index contributed by atoms with van der Waals surface area (Å²) in [5.74, 6) is 1.46. The molecule has 0 aliphatic heterocycles. The van der Waals surface area contributed by atoms with Crippen molar-refractivity contribution in [2.24, 2.45) is 17.6 Å². The summed E-state index contributed by atoms with van der Waals surface area (Å²) in [5.41, 5.74) is 9.74. The lowest BCUT2D eigenvalue weighted by Crippen LogP contribution is -2.51. The molecule has 2 rings (SSSR count). The first kappa shape index (κ1) is 15.6. The molecule has 1 aromatic rings. The van der Waals surface area contributed by atoms with Crippen molar-refractivity contribution in [3.63, 3.8) is 0 Å². The van der Waals surface area contributed by atoms with Gasteiger partial charge in [0.1, 0.15) is 0 Å². The van der Waals surface area contributed by atoms with Gasteiger partial charge in [0, 0.05) is 5.54 Å². The van der Waals surface area contributed by atoms with Gasteiger partial charge in [0.2, 0.25) is 0 Å². The first-order chi connectivity index (χ1) is 9.21. The normalized spacial score (nSPS) is 31.3. The predicted molar refractivity (Wildman–Crippen MR) is 87.9 cm³/mol. The summed E-state index contributed by atoms with van der Waals surface area (Å²) in [6.07, 6.45) is 4.74. The summed E-state index contributed by atoms with van der Waals surface area (Å²) >= 11 is 0. The van der Waals surface area contributed by atoms with E-state index in [0.29, 0.717) is 5.92 Å². The van der Waals surface area contributed by atoms with E-state index >= 15 is 0 Å². The van der Waals surface area contributed by atoms with E-state index < -0.39 is 0 Å². The Kier molecular flexibility index (Phi) is 4.30. The third kappa shape index (κ3) is 3.44. The molecule has 20 heavy (non-hydrogen) atoms. The molecule has 0 saturated heterocycles. The maximum atomic E-state index is 6.72. The fraction of sp³-hybridized carbons (Fsp3) is 0.684. The van der Waals surface area contributed by atoms with E-state index in [9.17, 15) is 0 Å². The quantitative estimate of drug-likeness (QED) is 0.832. The van der Waals surface area contributed by atoms with Crippen LogP contribution >= 0.6 is 0 Å². The summed E-state index contributed by atoms with van der Waals surface area (Å²) in [6, 6.07) is 9.10. The highest BCUT2D eigenvalue weighted by Crippen LogP contribution is 2.37. The molecule has 0 heterocycles. The molecule has 1 saturated carbocycles. The van der Waals surface area contributed by atoms with Crippen LogP contribution in [0.15, 0.2) is 24.3 Å². The van der Waals surface area contributed by atoms with Crippen molar-refractivity contribution < 1.29 is 0 Å². The molecule has 1 fully saturated rings. The van der Waals surface area contributed by atoms with Crippen LogP contribution in [0.4, 0.5) is 0 Å². The van der Waals surface area contributed by atoms with Crippen LogP contribution in [-0.4, -0.2) is 5.54 Å². The molecule has 0 spiro atoms. The summed E-state index contributed by atoms with van der Waals surface area (Å²) < 4.78 is 0. The smallest absolute Gasteiger partial charge is 0.0221 e. The van der Waals surface area contributed by atoms with Gasteiger partial charge < -0.3 is 5.73 Å². The zero-order chi connectivity index (χ0) is 15.0. The highest BCUT2D eigenvalue weighted by Gasteiger charge is 2.36. The fourth-order valence-electron chi connectivity index (χ4n) is 3.48. The van der Waals surface area contributed by atoms with Crippen LogP contribution < -0.4 is 5.73 Å². The Hall–Kier alpha value is -0.820. The Bertz CT molecular complexity index is 440. The third-order valence-electron chi connectivity index (χ3n) is 5.19. The van der Waals surface area contributed by atoms with Crippen molar-refractivity contribution >= 4 is 0 Å². The molecule has 1 heteroatoms. The molecule has 0 aromatic heterocycles. The molecule has 2 N–H and O–H groups in total. The number of benzene rings is 1. The second kappa shape index (κ2) is 5.52. The molecule has 3 atom stereocenters. The lowest BCUT2D eigenvalue weighted by atomic mass is 9.68. The number of hydrogen-bond donors (Lipinski definition) is 1. The van der Waals surface area contributed by atoms with Crippen LogP contribution in [0.5, 0.6) is 0 Å². The van der Waals surface area contributed by atoms with Crippen LogP contribution in [0.1, 0.15) is 65.0 Å². The molecule has 3 unspecified atom stereocenters. The third-order valence-corrected chi connectivity index (χ3v) is 5.19. The Labute approximate surface area is 125 Å². The van der Waals surface area contributed by atoms with Gasteiger partial charge in [-0.1, -0.05) is 58.9 Å². The Balaban J connectivity index is 2.10. The molecule has 0 radical (unpaired) electrons. The summed E-state index contributed by atoms with van der Waals surface area (Å²) in [4.78, 5) is 0. The fourth-order valence-corrected chi connectivity index (χ4v) is 3.48. The summed E-state index contributed by atoms with van der Waals surface area (Å²) in [5, 5.41) is 0. The van der Waals surface area contributed by atoms with Crippen molar-refractivity contribution in [3.05, 3.63) is 35.4 Å². The van der Waals surface area contributed by atoms with Crippen molar-refractivity contribution in [1.29, 1.82) is 0 Å². The van der Waals surface area contributed by atoms with Gasteiger partial charge in [-0.3, -0.25) is 0 Å². The zero-order valence-corrected chi connectivity index (χ0v) is 13.9. The van der Waals surface area contributed by atoms with Crippen LogP contribution in [0, 0.1) is 11.8 Å². The predicted octanol–water partition coefficient (Wildman–Crippen LogP) is 4.68. The molecule has 1 aliphatic rings. The van der Waals surface area contributed by atoms with E-state index in [1.54, 1.807) is 0 Å². The minimum Gasteiger partial charge on any atom is -0.325 e. The molecular formula is C19H31N. The molecule has 1 nitrogen and oxygen atoms in total. The molecule has 112 valence electrons. The lowest BCUT2D eigenvalue weighted by molar-refractivity contribution is 0.163. The van der Waals surface area contributed by atoms with Gasteiger partial charge in [0.25, 0.3) is 0 Å². The molecule has 0 amide bonds. The van der Waals surface area contributed by atoms with E-state index in [2.05, 4.69) is 58.9 Å². The highest BCUT2D eigenvalue weighted by molar-refractivity contribution is 5.28. The molecule has 1 aromatic carbocycles. The van der Waals surface area contributed by atoms with Crippen molar-refractivity contribution in [2.75, 3.05) is 0 Å². The standard InChI is InChI=1S/C19H31N/c1-14-10-11-19(20,15(2)12-14)13-16-6-8-17(9-7-16)18(3,4)5/h6-9,14-15H,10-13,20H2,1-5H3. The maximum absolute atomic E-state index is 6.72. The largest absolute Gasteiger partial charge is 0.325 e. The number of nitrogens with two attached hydrogens (primary N) is 1. The van der Waals surface area contributed by atoms with Crippen LogP contribution in [0.25, 0.3) is 0 Å². The van der Waals surface area contributed by atoms with Crippen LogP contribution in [0.2, 0.25) is 0 Å². The molecule has 0 bridgehead atoms.